The highest BCUT2D eigenvalue weighted by molar-refractivity contribution is 6.33. The molecule has 0 spiro atoms. The third-order valence-corrected chi connectivity index (χ3v) is 0. The van der Waals surface area contributed by atoms with Crippen LogP contribution < -0.4 is 5.32 Å². The number of rotatable bonds is 0. The van der Waals surface area contributed by atoms with Gasteiger partial charge in [0.15, 0.2) is 0 Å². The highest BCUT2D eigenvalue weighted by Crippen LogP contribution is 1.80. The number of hydrogen-bond donors (Lipinski definition) is 1. The summed E-state index contributed by atoms with van der Waals surface area (Å²) in [6.45, 7) is 0. The van der Waals surface area contributed by atoms with Gasteiger partial charge in [0.05, 0.1) is 0 Å². The zero-order valence-corrected chi connectivity index (χ0v) is 5.92. The quantitative estimate of drug-likeness (QED) is 0.441. The summed E-state index contributed by atoms with van der Waals surface area (Å²) in [5, 5.41) is 2.75. The van der Waals surface area contributed by atoms with Crippen molar-refractivity contribution in [1.29, 1.82) is 0 Å². The summed E-state index contributed by atoms with van der Waals surface area (Å²) in [5.41, 5.74) is 0. The van der Waals surface area contributed by atoms with Gasteiger partial charge in [-0.2, -0.15) is 0 Å². The molecule has 0 fully saturated rings. The molecule has 0 aromatic carbocycles. The molecular formula is C2H7B2F6N. The first-order valence-electron chi connectivity index (χ1n) is 2.31. The third-order valence-electron chi connectivity index (χ3n) is 0. The lowest BCUT2D eigenvalue weighted by Crippen LogP contribution is -1.89. The van der Waals surface area contributed by atoms with Crippen LogP contribution in [0.5, 0.6) is 0 Å². The highest BCUT2D eigenvalue weighted by Gasteiger charge is 2.06. The third kappa shape index (κ3) is 5220. The maximum absolute atomic E-state index is 9.67. The molecule has 1 nitrogen and oxygen atoms in total. The van der Waals surface area contributed by atoms with Gasteiger partial charge in [0, 0.05) is 0 Å². The van der Waals surface area contributed by atoms with Crippen LogP contribution in [0.25, 0.3) is 0 Å². The SMILES string of the molecule is CNC.FB(F)F.FB(F)F. The summed E-state index contributed by atoms with van der Waals surface area (Å²) in [6.07, 6.45) is 0. The molecule has 1 N–H and O–H groups in total. The average Bonchev–Trinajstić information content (AvgIpc) is 1.60. The standard InChI is InChI=1S/C2H7N.2BF3/c1-3-2;2*2-1(3)4/h3H,1-2H3;;. The predicted octanol–water partition coefficient (Wildman–Crippen LogP) is 1.60. The molecule has 11 heavy (non-hydrogen) atoms. The lowest BCUT2D eigenvalue weighted by Gasteiger charge is -1.59. The van der Waals surface area contributed by atoms with Crippen LogP contribution >= 0.6 is 0 Å². The Morgan fingerprint density at radius 1 is 0.727 bits per heavy atom. The molecule has 9 heteroatoms. The van der Waals surface area contributed by atoms with Crippen LogP contribution in [0.15, 0.2) is 0 Å². The van der Waals surface area contributed by atoms with Crippen molar-refractivity contribution in [3.05, 3.63) is 0 Å². The van der Waals surface area contributed by atoms with Crippen LogP contribution in [0, 0.1) is 0 Å². The van der Waals surface area contributed by atoms with E-state index < -0.39 is 15.1 Å². The molecule has 0 rings (SSSR count). The van der Waals surface area contributed by atoms with Crippen molar-refractivity contribution < 1.29 is 25.9 Å². The van der Waals surface area contributed by atoms with E-state index in [1.54, 1.807) is 0 Å². The van der Waals surface area contributed by atoms with Crippen molar-refractivity contribution in [3.63, 3.8) is 0 Å². The maximum atomic E-state index is 9.67. The Labute approximate surface area is 61.6 Å². The largest absolute Gasteiger partial charge is 0.762 e. The van der Waals surface area contributed by atoms with Gasteiger partial charge < -0.3 is 5.32 Å². The first-order chi connectivity index (χ1) is 4.88. The van der Waals surface area contributed by atoms with Gasteiger partial charge >= 0.3 is 15.1 Å². The molecule has 0 unspecified atom stereocenters. The van der Waals surface area contributed by atoms with E-state index in [0.717, 1.165) is 0 Å². The van der Waals surface area contributed by atoms with E-state index in [1.807, 2.05) is 14.1 Å². The van der Waals surface area contributed by atoms with Crippen molar-refractivity contribution in [1.82, 2.24) is 5.32 Å². The smallest absolute Gasteiger partial charge is 0.323 e. The van der Waals surface area contributed by atoms with Gasteiger partial charge in [-0.25, -0.2) is 0 Å². The van der Waals surface area contributed by atoms with Crippen LogP contribution in [-0.2, 0) is 0 Å². The molecule has 0 radical (unpaired) electrons. The van der Waals surface area contributed by atoms with Crippen molar-refractivity contribution in [2.45, 2.75) is 0 Å². The predicted molar refractivity (Wildman–Crippen MR) is 33.1 cm³/mol. The summed E-state index contributed by atoms with van der Waals surface area (Å²) in [5.74, 6) is 0. The van der Waals surface area contributed by atoms with Crippen LogP contribution in [-0.4, -0.2) is 29.2 Å². The minimum Gasteiger partial charge on any atom is -0.323 e. The molecule has 0 aromatic heterocycles. The Hall–Kier alpha value is -0.330. The van der Waals surface area contributed by atoms with Crippen molar-refractivity contribution in [2.75, 3.05) is 14.1 Å². The fourth-order valence-electron chi connectivity index (χ4n) is 0. The van der Waals surface area contributed by atoms with Crippen LogP contribution in [0.3, 0.4) is 0 Å². The Morgan fingerprint density at radius 2 is 0.727 bits per heavy atom. The highest BCUT2D eigenvalue weighted by atomic mass is 19.4. The van der Waals surface area contributed by atoms with E-state index >= 15 is 0 Å². The molecule has 0 bridgehead atoms. The zero-order valence-electron chi connectivity index (χ0n) is 5.92. The summed E-state index contributed by atoms with van der Waals surface area (Å²) in [4.78, 5) is 0. The molecule has 0 aliphatic carbocycles. The fourth-order valence-corrected chi connectivity index (χ4v) is 0. The molecule has 0 heterocycles. The second-order valence-corrected chi connectivity index (χ2v) is 0.995. The molecule has 68 valence electrons. The van der Waals surface area contributed by atoms with Crippen LogP contribution in [0.1, 0.15) is 0 Å². The zero-order chi connectivity index (χ0) is 9.86. The summed E-state index contributed by atoms with van der Waals surface area (Å²) in [6, 6.07) is 0. The van der Waals surface area contributed by atoms with Gasteiger partial charge in [-0.3, -0.25) is 25.9 Å². The molecule has 0 aliphatic heterocycles. The first kappa shape index (κ1) is 17.0. The molecule has 0 saturated carbocycles. The molecule has 0 amide bonds. The second kappa shape index (κ2) is 16.3. The Balaban J connectivity index is -0.0000000886. The van der Waals surface area contributed by atoms with E-state index in [-0.39, 0.29) is 0 Å². The summed E-state index contributed by atoms with van der Waals surface area (Å²) in [7, 11) is -3.58. The Bertz CT molecular complexity index is 42.3. The second-order valence-electron chi connectivity index (χ2n) is 0.995. The normalized spacial score (nSPS) is 6.55. The molecular weight excluding hydrogens is 174 g/mol. The van der Waals surface area contributed by atoms with Crippen LogP contribution in [0.4, 0.5) is 25.9 Å². The van der Waals surface area contributed by atoms with E-state index in [2.05, 4.69) is 5.32 Å². The van der Waals surface area contributed by atoms with Gasteiger partial charge in [-0.1, -0.05) is 0 Å². The topological polar surface area (TPSA) is 12.0 Å². The van der Waals surface area contributed by atoms with Crippen molar-refractivity contribution in [3.8, 4) is 0 Å². The molecule has 0 saturated heterocycles. The minimum absolute atomic E-state index is 1.88. The van der Waals surface area contributed by atoms with Crippen molar-refractivity contribution >= 4 is 15.1 Å². The average molecular weight is 181 g/mol. The lowest BCUT2D eigenvalue weighted by atomic mass is 10.5. The lowest BCUT2D eigenvalue weighted by molar-refractivity contribution is 0.533. The van der Waals surface area contributed by atoms with E-state index in [9.17, 15) is 25.9 Å². The number of hydrogen-bond acceptors (Lipinski definition) is 1. The molecule has 0 aliphatic rings. The minimum atomic E-state index is -3.67. The van der Waals surface area contributed by atoms with Crippen LogP contribution in [0.2, 0.25) is 0 Å². The van der Waals surface area contributed by atoms with E-state index in [0.29, 0.717) is 0 Å². The Kier molecular flexibility index (Phi) is 25.2. The van der Waals surface area contributed by atoms with Gasteiger partial charge in [0.25, 0.3) is 0 Å². The van der Waals surface area contributed by atoms with Gasteiger partial charge in [-0.05, 0) is 14.1 Å². The summed E-state index contributed by atoms with van der Waals surface area (Å²) >= 11 is 0. The molecule has 0 aromatic rings. The first-order valence-corrected chi connectivity index (χ1v) is 2.31. The monoisotopic (exact) mass is 181 g/mol. The van der Waals surface area contributed by atoms with E-state index in [4.69, 9.17) is 0 Å². The maximum Gasteiger partial charge on any atom is 0.762 e. The summed E-state index contributed by atoms with van der Waals surface area (Å²) < 4.78 is 58.0. The van der Waals surface area contributed by atoms with Gasteiger partial charge in [0.2, 0.25) is 0 Å². The Morgan fingerprint density at radius 3 is 0.727 bits per heavy atom. The van der Waals surface area contributed by atoms with Gasteiger partial charge in [0.1, 0.15) is 0 Å². The van der Waals surface area contributed by atoms with Crippen molar-refractivity contribution in [2.24, 2.45) is 0 Å². The van der Waals surface area contributed by atoms with E-state index in [1.165, 1.54) is 0 Å². The number of halogens is 6. The fraction of sp³-hybridized carbons (Fsp3) is 1.00. The number of nitrogens with one attached hydrogen (secondary N) is 1. The molecule has 0 atom stereocenters. The van der Waals surface area contributed by atoms with Gasteiger partial charge in [-0.15, -0.1) is 0 Å².